The predicted molar refractivity (Wildman–Crippen MR) is 99.7 cm³/mol. The second kappa shape index (κ2) is 8.60. The van der Waals surface area contributed by atoms with Gasteiger partial charge >= 0.3 is 0 Å². The van der Waals surface area contributed by atoms with E-state index in [4.69, 9.17) is 0 Å². The van der Waals surface area contributed by atoms with Crippen LogP contribution in [-0.2, 0) is 6.42 Å². The maximum Gasteiger partial charge on any atom is 0.254 e. The topological polar surface area (TPSA) is 58.1 Å². The Morgan fingerprint density at radius 1 is 1.24 bits per heavy atom. The molecule has 1 fully saturated rings. The first-order valence-electron chi connectivity index (χ1n) is 9.11. The number of aryl methyl sites for hydroxylation is 1. The van der Waals surface area contributed by atoms with Crippen molar-refractivity contribution in [2.75, 3.05) is 24.5 Å². The van der Waals surface area contributed by atoms with E-state index >= 15 is 0 Å². The maximum absolute atomic E-state index is 12.2. The number of hydrogen-bond donors (Lipinski definition) is 1. The van der Waals surface area contributed by atoms with Crippen LogP contribution >= 0.6 is 0 Å². The molecule has 5 nitrogen and oxygen atoms in total. The van der Waals surface area contributed by atoms with E-state index in [1.54, 1.807) is 12.4 Å². The fraction of sp³-hybridized carbons (Fsp3) is 0.450. The average molecular weight is 338 g/mol. The second-order valence-corrected chi connectivity index (χ2v) is 6.81. The van der Waals surface area contributed by atoms with Crippen molar-refractivity contribution >= 4 is 11.9 Å². The molecule has 1 N–H and O–H groups in total. The van der Waals surface area contributed by atoms with Gasteiger partial charge in [0.05, 0.1) is 5.56 Å². The van der Waals surface area contributed by atoms with Crippen LogP contribution in [0.25, 0.3) is 0 Å². The molecule has 2 heterocycles. The van der Waals surface area contributed by atoms with E-state index in [-0.39, 0.29) is 5.91 Å². The number of carbonyl (C=O) groups is 1. The number of piperidine rings is 1. The summed E-state index contributed by atoms with van der Waals surface area (Å²) >= 11 is 0. The number of anilines is 1. The van der Waals surface area contributed by atoms with E-state index in [1.807, 2.05) is 18.2 Å². The quantitative estimate of drug-likeness (QED) is 0.823. The molecule has 0 saturated carbocycles. The molecule has 1 aliphatic rings. The number of aromatic nitrogens is 2. The molecule has 1 saturated heterocycles. The van der Waals surface area contributed by atoms with Crippen LogP contribution in [0.1, 0.15) is 42.1 Å². The van der Waals surface area contributed by atoms with E-state index < -0.39 is 0 Å². The molecule has 1 aromatic carbocycles. The zero-order chi connectivity index (χ0) is 17.5. The second-order valence-electron chi connectivity index (χ2n) is 6.81. The van der Waals surface area contributed by atoms with E-state index in [1.165, 1.54) is 18.4 Å². The highest BCUT2D eigenvalue weighted by molar-refractivity contribution is 5.93. The van der Waals surface area contributed by atoms with Crippen LogP contribution < -0.4 is 10.2 Å². The fourth-order valence-corrected chi connectivity index (χ4v) is 3.21. The molecule has 0 aliphatic carbocycles. The van der Waals surface area contributed by atoms with Gasteiger partial charge < -0.3 is 10.2 Å². The Kier molecular flexibility index (Phi) is 5.99. The van der Waals surface area contributed by atoms with Gasteiger partial charge in [-0.2, -0.15) is 0 Å². The normalized spacial score (nSPS) is 17.3. The zero-order valence-electron chi connectivity index (χ0n) is 14.8. The molecule has 25 heavy (non-hydrogen) atoms. The summed E-state index contributed by atoms with van der Waals surface area (Å²) in [5.74, 6) is 1.30. The standard InChI is InChI=1S/C20H26N4O/c1-16-7-6-12-24(15-16)20-22-13-18(14-23-20)19(25)21-11-5-10-17-8-3-2-4-9-17/h2-4,8-9,13-14,16H,5-7,10-12,15H2,1H3,(H,21,25). The van der Waals surface area contributed by atoms with Crippen molar-refractivity contribution in [1.29, 1.82) is 0 Å². The molecular formula is C20H26N4O. The van der Waals surface area contributed by atoms with Gasteiger partial charge in [0.25, 0.3) is 5.91 Å². The van der Waals surface area contributed by atoms with Crippen LogP contribution in [0.15, 0.2) is 42.7 Å². The number of nitrogens with one attached hydrogen (secondary N) is 1. The lowest BCUT2D eigenvalue weighted by molar-refractivity contribution is 0.0952. The monoisotopic (exact) mass is 338 g/mol. The lowest BCUT2D eigenvalue weighted by atomic mass is 10.0. The van der Waals surface area contributed by atoms with Crippen molar-refractivity contribution in [3.8, 4) is 0 Å². The number of amides is 1. The SMILES string of the molecule is CC1CCCN(c2ncc(C(=O)NCCCc3ccccc3)cn2)C1. The molecule has 3 rings (SSSR count). The summed E-state index contributed by atoms with van der Waals surface area (Å²) < 4.78 is 0. The Morgan fingerprint density at radius 2 is 2.00 bits per heavy atom. The summed E-state index contributed by atoms with van der Waals surface area (Å²) in [5.41, 5.74) is 1.81. The fourth-order valence-electron chi connectivity index (χ4n) is 3.21. The van der Waals surface area contributed by atoms with E-state index in [9.17, 15) is 4.79 Å². The maximum atomic E-state index is 12.2. The highest BCUT2D eigenvalue weighted by atomic mass is 16.1. The van der Waals surface area contributed by atoms with Crippen LogP contribution in [0.4, 0.5) is 5.95 Å². The summed E-state index contributed by atoms with van der Waals surface area (Å²) in [4.78, 5) is 23.2. The van der Waals surface area contributed by atoms with Crippen molar-refractivity contribution in [1.82, 2.24) is 15.3 Å². The first-order valence-corrected chi connectivity index (χ1v) is 9.11. The minimum absolute atomic E-state index is 0.105. The average Bonchev–Trinajstić information content (AvgIpc) is 2.66. The van der Waals surface area contributed by atoms with Crippen LogP contribution in [-0.4, -0.2) is 35.5 Å². The zero-order valence-corrected chi connectivity index (χ0v) is 14.8. The summed E-state index contributed by atoms with van der Waals surface area (Å²) in [6, 6.07) is 10.3. The summed E-state index contributed by atoms with van der Waals surface area (Å²) in [6.07, 6.45) is 7.58. The first-order chi connectivity index (χ1) is 12.2. The van der Waals surface area contributed by atoms with E-state index in [0.29, 0.717) is 18.0 Å². The molecule has 1 atom stereocenters. The van der Waals surface area contributed by atoms with Gasteiger partial charge in [-0.1, -0.05) is 37.3 Å². The Morgan fingerprint density at radius 3 is 2.72 bits per heavy atom. The molecular weight excluding hydrogens is 312 g/mol. The number of carbonyl (C=O) groups excluding carboxylic acids is 1. The van der Waals surface area contributed by atoms with Crippen LogP contribution in [0, 0.1) is 5.92 Å². The Labute approximate surface area is 149 Å². The third-order valence-corrected chi connectivity index (χ3v) is 4.61. The highest BCUT2D eigenvalue weighted by Crippen LogP contribution is 2.19. The molecule has 2 aromatic rings. The van der Waals surface area contributed by atoms with Gasteiger partial charge in [0.1, 0.15) is 0 Å². The van der Waals surface area contributed by atoms with Crippen molar-refractivity contribution < 1.29 is 4.79 Å². The predicted octanol–water partition coefficient (Wildman–Crippen LogP) is 3.08. The number of hydrogen-bond acceptors (Lipinski definition) is 4. The molecule has 1 aromatic heterocycles. The summed E-state index contributed by atoms with van der Waals surface area (Å²) in [5, 5.41) is 2.94. The molecule has 0 radical (unpaired) electrons. The van der Waals surface area contributed by atoms with Gasteiger partial charge in [0, 0.05) is 32.0 Å². The molecule has 0 spiro atoms. The van der Waals surface area contributed by atoms with Crippen LogP contribution in [0.5, 0.6) is 0 Å². The first kappa shape index (κ1) is 17.4. The minimum atomic E-state index is -0.105. The van der Waals surface area contributed by atoms with E-state index in [2.05, 4.69) is 39.2 Å². The minimum Gasteiger partial charge on any atom is -0.352 e. The van der Waals surface area contributed by atoms with Gasteiger partial charge in [0.2, 0.25) is 5.95 Å². The Bertz CT molecular complexity index is 672. The largest absolute Gasteiger partial charge is 0.352 e. The molecule has 5 heteroatoms. The lowest BCUT2D eigenvalue weighted by Crippen LogP contribution is -2.35. The number of rotatable bonds is 6. The smallest absolute Gasteiger partial charge is 0.254 e. The highest BCUT2D eigenvalue weighted by Gasteiger charge is 2.18. The molecule has 132 valence electrons. The van der Waals surface area contributed by atoms with Gasteiger partial charge in [-0.3, -0.25) is 4.79 Å². The Balaban J connectivity index is 1.46. The van der Waals surface area contributed by atoms with Crippen molar-refractivity contribution in [2.24, 2.45) is 5.92 Å². The summed E-state index contributed by atoms with van der Waals surface area (Å²) in [7, 11) is 0. The van der Waals surface area contributed by atoms with Gasteiger partial charge in [-0.15, -0.1) is 0 Å². The van der Waals surface area contributed by atoms with E-state index in [0.717, 1.165) is 31.9 Å². The van der Waals surface area contributed by atoms with Gasteiger partial charge in [0.15, 0.2) is 0 Å². The molecule has 1 unspecified atom stereocenters. The van der Waals surface area contributed by atoms with Crippen molar-refractivity contribution in [3.63, 3.8) is 0 Å². The summed E-state index contributed by atoms with van der Waals surface area (Å²) in [6.45, 7) is 4.89. The van der Waals surface area contributed by atoms with Gasteiger partial charge in [-0.05, 0) is 37.2 Å². The van der Waals surface area contributed by atoms with Crippen molar-refractivity contribution in [2.45, 2.75) is 32.6 Å². The van der Waals surface area contributed by atoms with Gasteiger partial charge in [-0.25, -0.2) is 9.97 Å². The lowest BCUT2D eigenvalue weighted by Gasteiger charge is -2.30. The molecule has 1 aliphatic heterocycles. The Hall–Kier alpha value is -2.43. The van der Waals surface area contributed by atoms with Crippen LogP contribution in [0.2, 0.25) is 0 Å². The number of nitrogens with zero attached hydrogens (tertiary/aromatic N) is 3. The third kappa shape index (κ3) is 5.02. The number of benzene rings is 1. The van der Waals surface area contributed by atoms with Crippen molar-refractivity contribution in [3.05, 3.63) is 53.9 Å². The molecule has 0 bridgehead atoms. The third-order valence-electron chi connectivity index (χ3n) is 4.61. The molecule has 1 amide bonds. The van der Waals surface area contributed by atoms with Crippen LogP contribution in [0.3, 0.4) is 0 Å².